The van der Waals surface area contributed by atoms with Gasteiger partial charge < -0.3 is 15.6 Å². The second-order valence-electron chi connectivity index (χ2n) is 8.04. The predicted octanol–water partition coefficient (Wildman–Crippen LogP) is 2.49. The van der Waals surface area contributed by atoms with Crippen LogP contribution in [0.4, 0.5) is 0 Å². The first kappa shape index (κ1) is 18.3. The molecule has 0 bridgehead atoms. The highest BCUT2D eigenvalue weighted by Crippen LogP contribution is 2.44. The normalized spacial score (nSPS) is 24.6. The standard InChI is InChI=1S/C22H30N4O/c1-3-9-26-14-16(22(27)25(2)10-5-8-23)11-18-17-6-4-7-19-21(17)15(13-24-19)12-20(18)26/h3-4,6-7,13,16,18,20,24H,1,5,8-12,14,23H2,2H3/t16?,18-,20-/m1/s1. The fourth-order valence-electron chi connectivity index (χ4n) is 5.10. The number of nitrogens with one attached hydrogen (secondary N) is 1. The Morgan fingerprint density at radius 2 is 2.33 bits per heavy atom. The SMILES string of the molecule is C=CCN1CC(C(=O)N(C)CCCN)C[C@@H]2c3cccc4[nH]cc(c34)C[C@H]21. The summed E-state index contributed by atoms with van der Waals surface area (Å²) in [5, 5.41) is 1.38. The number of benzene rings is 1. The fraction of sp³-hybridized carbons (Fsp3) is 0.500. The molecule has 3 atom stereocenters. The Morgan fingerprint density at radius 1 is 1.48 bits per heavy atom. The van der Waals surface area contributed by atoms with Crippen LogP contribution in [0.15, 0.2) is 37.1 Å². The molecule has 1 aliphatic heterocycles. The molecule has 27 heavy (non-hydrogen) atoms. The van der Waals surface area contributed by atoms with Crippen molar-refractivity contribution in [1.82, 2.24) is 14.8 Å². The van der Waals surface area contributed by atoms with E-state index in [2.05, 4.69) is 40.9 Å². The summed E-state index contributed by atoms with van der Waals surface area (Å²) in [6, 6.07) is 6.98. The van der Waals surface area contributed by atoms with Crippen LogP contribution in [0.3, 0.4) is 0 Å². The lowest BCUT2D eigenvalue weighted by atomic mass is 9.72. The van der Waals surface area contributed by atoms with Gasteiger partial charge in [-0.15, -0.1) is 6.58 Å². The number of aromatic nitrogens is 1. The molecule has 3 N–H and O–H groups in total. The zero-order chi connectivity index (χ0) is 19.0. The van der Waals surface area contributed by atoms with Crippen LogP contribution < -0.4 is 5.73 Å². The molecule has 1 aliphatic carbocycles. The Kier molecular flexibility index (Phi) is 5.06. The molecule has 1 aromatic carbocycles. The van der Waals surface area contributed by atoms with E-state index in [0.29, 0.717) is 18.5 Å². The van der Waals surface area contributed by atoms with Crippen LogP contribution in [0.5, 0.6) is 0 Å². The largest absolute Gasteiger partial charge is 0.361 e. The number of piperidine rings is 1. The van der Waals surface area contributed by atoms with E-state index in [0.717, 1.165) is 38.9 Å². The van der Waals surface area contributed by atoms with Gasteiger partial charge in [-0.2, -0.15) is 0 Å². The highest BCUT2D eigenvalue weighted by Gasteiger charge is 2.42. The Bertz CT molecular complexity index is 842. The van der Waals surface area contributed by atoms with Gasteiger partial charge in [0.25, 0.3) is 0 Å². The maximum absolute atomic E-state index is 13.1. The number of carbonyl (C=O) groups excluding carboxylic acids is 1. The summed E-state index contributed by atoms with van der Waals surface area (Å²) >= 11 is 0. The first-order chi connectivity index (χ1) is 13.1. The van der Waals surface area contributed by atoms with Crippen LogP contribution in [-0.2, 0) is 11.2 Å². The number of nitrogens with zero attached hydrogens (tertiary/aromatic N) is 2. The van der Waals surface area contributed by atoms with Gasteiger partial charge in [-0.3, -0.25) is 9.69 Å². The topological polar surface area (TPSA) is 65.4 Å². The maximum Gasteiger partial charge on any atom is 0.226 e. The van der Waals surface area contributed by atoms with Crippen molar-refractivity contribution in [2.75, 3.05) is 33.2 Å². The van der Waals surface area contributed by atoms with E-state index in [4.69, 9.17) is 5.73 Å². The number of nitrogens with two attached hydrogens (primary N) is 1. The number of H-pyrrole nitrogens is 1. The lowest BCUT2D eigenvalue weighted by molar-refractivity contribution is -0.137. The van der Waals surface area contributed by atoms with Gasteiger partial charge in [-0.25, -0.2) is 0 Å². The second-order valence-corrected chi connectivity index (χ2v) is 8.04. The molecule has 1 unspecified atom stereocenters. The van der Waals surface area contributed by atoms with E-state index in [9.17, 15) is 4.79 Å². The van der Waals surface area contributed by atoms with Crippen LogP contribution in [-0.4, -0.2) is 60.0 Å². The van der Waals surface area contributed by atoms with Crippen molar-refractivity contribution in [3.63, 3.8) is 0 Å². The molecule has 2 aliphatic rings. The van der Waals surface area contributed by atoms with Crippen molar-refractivity contribution in [2.45, 2.75) is 31.2 Å². The summed E-state index contributed by atoms with van der Waals surface area (Å²) < 4.78 is 0. The van der Waals surface area contributed by atoms with E-state index >= 15 is 0 Å². The van der Waals surface area contributed by atoms with Crippen LogP contribution in [0.1, 0.15) is 29.9 Å². The zero-order valence-electron chi connectivity index (χ0n) is 16.2. The lowest BCUT2D eigenvalue weighted by Gasteiger charge is -2.47. The third-order valence-corrected chi connectivity index (χ3v) is 6.36. The van der Waals surface area contributed by atoms with Crippen molar-refractivity contribution < 1.29 is 4.79 Å². The van der Waals surface area contributed by atoms with Gasteiger partial charge >= 0.3 is 0 Å². The third kappa shape index (κ3) is 3.19. The summed E-state index contributed by atoms with van der Waals surface area (Å²) in [4.78, 5) is 20.9. The van der Waals surface area contributed by atoms with Gasteiger partial charge in [0.15, 0.2) is 0 Å². The maximum atomic E-state index is 13.1. The fourth-order valence-corrected chi connectivity index (χ4v) is 5.10. The molecule has 4 rings (SSSR count). The molecule has 5 heteroatoms. The van der Waals surface area contributed by atoms with Crippen LogP contribution in [0, 0.1) is 5.92 Å². The Morgan fingerprint density at radius 3 is 3.11 bits per heavy atom. The first-order valence-corrected chi connectivity index (χ1v) is 10.0. The molecule has 1 aromatic heterocycles. The summed E-state index contributed by atoms with van der Waals surface area (Å²) in [5.41, 5.74) is 9.64. The van der Waals surface area contributed by atoms with Gasteiger partial charge in [-0.1, -0.05) is 18.2 Å². The summed E-state index contributed by atoms with van der Waals surface area (Å²) in [6.45, 7) is 6.95. The van der Waals surface area contributed by atoms with Crippen molar-refractivity contribution in [3.05, 3.63) is 48.2 Å². The molecule has 0 spiro atoms. The lowest BCUT2D eigenvalue weighted by Crippen LogP contribution is -2.53. The predicted molar refractivity (Wildman–Crippen MR) is 110 cm³/mol. The minimum Gasteiger partial charge on any atom is -0.361 e. The molecule has 1 fully saturated rings. The molecule has 2 heterocycles. The van der Waals surface area contributed by atoms with E-state index < -0.39 is 0 Å². The molecule has 2 aromatic rings. The van der Waals surface area contributed by atoms with E-state index in [1.165, 1.54) is 22.0 Å². The highest BCUT2D eigenvalue weighted by molar-refractivity contribution is 5.88. The zero-order valence-corrected chi connectivity index (χ0v) is 16.2. The average Bonchev–Trinajstić information content (AvgIpc) is 3.10. The molecule has 0 radical (unpaired) electrons. The van der Waals surface area contributed by atoms with E-state index in [-0.39, 0.29) is 11.8 Å². The van der Waals surface area contributed by atoms with Crippen LogP contribution in [0.25, 0.3) is 10.9 Å². The van der Waals surface area contributed by atoms with Crippen LogP contribution in [0.2, 0.25) is 0 Å². The minimum atomic E-state index is 0.0322. The Labute approximate surface area is 161 Å². The smallest absolute Gasteiger partial charge is 0.226 e. The number of rotatable bonds is 6. The highest BCUT2D eigenvalue weighted by atomic mass is 16.2. The molecule has 1 amide bonds. The second kappa shape index (κ2) is 7.49. The van der Waals surface area contributed by atoms with Crippen molar-refractivity contribution >= 4 is 16.8 Å². The van der Waals surface area contributed by atoms with Crippen molar-refractivity contribution in [3.8, 4) is 0 Å². The summed E-state index contributed by atoms with van der Waals surface area (Å²) in [5.74, 6) is 0.676. The summed E-state index contributed by atoms with van der Waals surface area (Å²) in [7, 11) is 1.91. The van der Waals surface area contributed by atoms with Gasteiger partial charge in [0.1, 0.15) is 0 Å². The van der Waals surface area contributed by atoms with Gasteiger partial charge in [0.05, 0.1) is 5.92 Å². The molecular formula is C22H30N4O. The number of aromatic amines is 1. The van der Waals surface area contributed by atoms with E-state index in [1.54, 1.807) is 0 Å². The monoisotopic (exact) mass is 366 g/mol. The minimum absolute atomic E-state index is 0.0322. The molecule has 0 saturated carbocycles. The molecular weight excluding hydrogens is 336 g/mol. The Balaban J connectivity index is 1.65. The Hall–Kier alpha value is -2.11. The molecule has 1 saturated heterocycles. The quantitative estimate of drug-likeness (QED) is 0.772. The summed E-state index contributed by atoms with van der Waals surface area (Å²) in [6.07, 6.45) is 6.94. The van der Waals surface area contributed by atoms with E-state index in [1.807, 2.05) is 18.0 Å². The van der Waals surface area contributed by atoms with Crippen molar-refractivity contribution in [1.29, 1.82) is 0 Å². The number of fused-ring (bicyclic) bond motifs is 2. The van der Waals surface area contributed by atoms with Gasteiger partial charge in [0.2, 0.25) is 5.91 Å². The molecule has 5 nitrogen and oxygen atoms in total. The number of likely N-dealkylation sites (tertiary alicyclic amines) is 1. The number of amides is 1. The molecule has 144 valence electrons. The van der Waals surface area contributed by atoms with Crippen molar-refractivity contribution in [2.24, 2.45) is 11.7 Å². The first-order valence-electron chi connectivity index (χ1n) is 10.0. The number of carbonyl (C=O) groups is 1. The number of hydrogen-bond acceptors (Lipinski definition) is 3. The van der Waals surface area contributed by atoms with Crippen LogP contribution >= 0.6 is 0 Å². The van der Waals surface area contributed by atoms with Gasteiger partial charge in [-0.05, 0) is 43.0 Å². The average molecular weight is 367 g/mol. The third-order valence-electron chi connectivity index (χ3n) is 6.36. The number of hydrogen-bond donors (Lipinski definition) is 2. The van der Waals surface area contributed by atoms with Gasteiger partial charge in [0, 0.05) is 55.7 Å².